The number of hydrogen-bond donors (Lipinski definition) is 1. The summed E-state index contributed by atoms with van der Waals surface area (Å²) in [6.45, 7) is 6.54. The molecule has 1 saturated heterocycles. The summed E-state index contributed by atoms with van der Waals surface area (Å²) in [5, 5.41) is 7.29. The highest BCUT2D eigenvalue weighted by atomic mass is 16.5. The Morgan fingerprint density at radius 3 is 3.19 bits per heavy atom. The molecule has 1 aliphatic heterocycles. The Labute approximate surface area is 96.2 Å². The predicted octanol–water partition coefficient (Wildman–Crippen LogP) is 1.03. The molecular weight excluding hydrogens is 204 g/mol. The first-order valence-electron chi connectivity index (χ1n) is 6.09. The Balaban J connectivity index is 1.73. The molecule has 1 unspecified atom stereocenters. The van der Waals surface area contributed by atoms with Gasteiger partial charge in [0, 0.05) is 6.04 Å². The summed E-state index contributed by atoms with van der Waals surface area (Å²) in [4.78, 5) is 6.51. The first-order chi connectivity index (χ1) is 7.88. The molecule has 0 aliphatic carbocycles. The van der Waals surface area contributed by atoms with E-state index in [1.165, 1.54) is 38.7 Å². The van der Waals surface area contributed by atoms with Crippen LogP contribution in [0.5, 0.6) is 0 Å². The lowest BCUT2D eigenvalue weighted by atomic mass is 10.1. The molecule has 1 fully saturated rings. The van der Waals surface area contributed by atoms with Gasteiger partial charge in [0.05, 0.1) is 6.54 Å². The van der Waals surface area contributed by atoms with Crippen molar-refractivity contribution >= 4 is 0 Å². The smallest absolute Gasteiger partial charge is 0.213 e. The van der Waals surface area contributed by atoms with Crippen molar-refractivity contribution < 1.29 is 4.52 Å². The van der Waals surface area contributed by atoms with Gasteiger partial charge in [0.25, 0.3) is 0 Å². The predicted molar refractivity (Wildman–Crippen MR) is 60.9 cm³/mol. The minimum Gasteiger partial charge on any atom is -0.343 e. The normalized spacial score (nSPS) is 23.2. The largest absolute Gasteiger partial charge is 0.343 e. The lowest BCUT2D eigenvalue weighted by Gasteiger charge is -2.17. The molecular formula is C11H20N4O. The molecule has 90 valence electrons. The van der Waals surface area contributed by atoms with Crippen LogP contribution in [0.15, 0.2) is 10.9 Å². The van der Waals surface area contributed by atoms with E-state index in [1.54, 1.807) is 0 Å². The summed E-state index contributed by atoms with van der Waals surface area (Å²) in [6, 6.07) is 0.593. The number of aromatic nitrogens is 2. The molecule has 0 spiro atoms. The molecule has 1 aliphatic rings. The van der Waals surface area contributed by atoms with Crippen molar-refractivity contribution in [3.05, 3.63) is 12.2 Å². The fourth-order valence-electron chi connectivity index (χ4n) is 2.18. The van der Waals surface area contributed by atoms with E-state index in [-0.39, 0.29) is 0 Å². The zero-order valence-corrected chi connectivity index (χ0v) is 9.85. The van der Waals surface area contributed by atoms with Crippen LogP contribution in [0.3, 0.4) is 0 Å². The number of hydrogen-bond acceptors (Lipinski definition) is 5. The van der Waals surface area contributed by atoms with Crippen LogP contribution in [0.4, 0.5) is 0 Å². The Bertz CT molecular complexity index is 288. The van der Waals surface area contributed by atoms with E-state index in [0.717, 1.165) is 12.4 Å². The maximum absolute atomic E-state index is 4.70. The van der Waals surface area contributed by atoms with Crippen LogP contribution < -0.4 is 5.32 Å². The molecule has 1 N–H and O–H groups in total. The van der Waals surface area contributed by atoms with Crippen molar-refractivity contribution in [1.29, 1.82) is 0 Å². The molecule has 0 radical (unpaired) electrons. The number of likely N-dealkylation sites (tertiary alicyclic amines) is 1. The second-order valence-corrected chi connectivity index (χ2v) is 4.29. The van der Waals surface area contributed by atoms with Gasteiger partial charge >= 0.3 is 0 Å². The second kappa shape index (κ2) is 5.96. The molecule has 0 saturated carbocycles. The fourth-order valence-corrected chi connectivity index (χ4v) is 2.18. The molecule has 0 amide bonds. The number of nitrogens with one attached hydrogen (secondary N) is 1. The third-order valence-electron chi connectivity index (χ3n) is 3.22. The Morgan fingerprint density at radius 2 is 2.44 bits per heavy atom. The fraction of sp³-hybridized carbons (Fsp3) is 0.818. The van der Waals surface area contributed by atoms with Gasteiger partial charge in [0.2, 0.25) is 6.39 Å². The van der Waals surface area contributed by atoms with Crippen LogP contribution in [-0.2, 0) is 6.54 Å². The quantitative estimate of drug-likeness (QED) is 0.828. The van der Waals surface area contributed by atoms with Gasteiger partial charge in [-0.2, -0.15) is 4.98 Å². The molecule has 1 aromatic heterocycles. The van der Waals surface area contributed by atoms with E-state index in [1.807, 2.05) is 0 Å². The minimum absolute atomic E-state index is 0.593. The van der Waals surface area contributed by atoms with Gasteiger partial charge in [-0.25, -0.2) is 0 Å². The van der Waals surface area contributed by atoms with Gasteiger partial charge in [-0.3, -0.25) is 0 Å². The summed E-state index contributed by atoms with van der Waals surface area (Å²) in [6.07, 6.45) is 5.11. The zero-order valence-electron chi connectivity index (χ0n) is 9.85. The highest BCUT2D eigenvalue weighted by Crippen LogP contribution is 2.10. The third kappa shape index (κ3) is 3.28. The minimum atomic E-state index is 0.593. The van der Waals surface area contributed by atoms with Gasteiger partial charge in [0.15, 0.2) is 5.82 Å². The summed E-state index contributed by atoms with van der Waals surface area (Å²) < 4.78 is 4.70. The average Bonchev–Trinajstić information content (AvgIpc) is 2.72. The van der Waals surface area contributed by atoms with Crippen LogP contribution in [0.1, 0.15) is 32.0 Å². The number of rotatable bonds is 4. The Hall–Kier alpha value is -0.940. The average molecular weight is 224 g/mol. The van der Waals surface area contributed by atoms with Crippen molar-refractivity contribution in [2.45, 2.75) is 38.8 Å². The van der Waals surface area contributed by atoms with Crippen molar-refractivity contribution in [2.24, 2.45) is 0 Å². The first-order valence-corrected chi connectivity index (χ1v) is 6.09. The molecule has 5 heteroatoms. The molecule has 1 atom stereocenters. The second-order valence-electron chi connectivity index (χ2n) is 4.29. The number of nitrogens with zero attached hydrogens (tertiary/aromatic N) is 3. The van der Waals surface area contributed by atoms with E-state index >= 15 is 0 Å². The summed E-state index contributed by atoms with van der Waals surface area (Å²) in [5.41, 5.74) is 0. The van der Waals surface area contributed by atoms with Gasteiger partial charge in [-0.1, -0.05) is 12.1 Å². The van der Waals surface area contributed by atoms with Crippen LogP contribution in [0.25, 0.3) is 0 Å². The van der Waals surface area contributed by atoms with E-state index in [4.69, 9.17) is 4.52 Å². The van der Waals surface area contributed by atoms with Crippen LogP contribution in [-0.4, -0.2) is 40.7 Å². The van der Waals surface area contributed by atoms with Gasteiger partial charge in [-0.15, -0.1) is 0 Å². The molecule has 1 aromatic rings. The molecule has 2 heterocycles. The highest BCUT2D eigenvalue weighted by molar-refractivity contribution is 4.80. The van der Waals surface area contributed by atoms with E-state index in [9.17, 15) is 0 Å². The summed E-state index contributed by atoms with van der Waals surface area (Å²) in [7, 11) is 0. The molecule has 16 heavy (non-hydrogen) atoms. The standard InChI is InChI=1S/C11H20N4O/c1-2-15-6-3-4-10(5-7-15)12-8-11-13-9-16-14-11/h9-10,12H,2-8H2,1H3. The monoisotopic (exact) mass is 224 g/mol. The zero-order chi connectivity index (χ0) is 11.2. The van der Waals surface area contributed by atoms with Crippen molar-refractivity contribution in [1.82, 2.24) is 20.4 Å². The topological polar surface area (TPSA) is 54.2 Å². The van der Waals surface area contributed by atoms with E-state index < -0.39 is 0 Å². The maximum atomic E-state index is 4.70. The SMILES string of the molecule is CCN1CCCC(NCc2ncon2)CC1. The molecule has 0 aromatic carbocycles. The summed E-state index contributed by atoms with van der Waals surface area (Å²) >= 11 is 0. The third-order valence-corrected chi connectivity index (χ3v) is 3.22. The molecule has 5 nitrogen and oxygen atoms in total. The van der Waals surface area contributed by atoms with Crippen molar-refractivity contribution in [3.8, 4) is 0 Å². The van der Waals surface area contributed by atoms with E-state index in [0.29, 0.717) is 12.6 Å². The molecule has 2 rings (SSSR count). The van der Waals surface area contributed by atoms with E-state index in [2.05, 4.69) is 27.3 Å². The van der Waals surface area contributed by atoms with Crippen LogP contribution in [0.2, 0.25) is 0 Å². The molecule has 0 bridgehead atoms. The Kier molecular flexibility index (Phi) is 4.30. The highest BCUT2D eigenvalue weighted by Gasteiger charge is 2.15. The van der Waals surface area contributed by atoms with Gasteiger partial charge in [0.1, 0.15) is 0 Å². The lowest BCUT2D eigenvalue weighted by Crippen LogP contribution is -2.30. The van der Waals surface area contributed by atoms with Gasteiger partial charge < -0.3 is 14.7 Å². The van der Waals surface area contributed by atoms with Crippen LogP contribution in [0, 0.1) is 0 Å². The van der Waals surface area contributed by atoms with Crippen molar-refractivity contribution in [2.75, 3.05) is 19.6 Å². The maximum Gasteiger partial charge on any atom is 0.213 e. The first kappa shape index (κ1) is 11.5. The summed E-state index contributed by atoms with van der Waals surface area (Å²) in [5.74, 6) is 0.747. The van der Waals surface area contributed by atoms with Crippen LogP contribution >= 0.6 is 0 Å². The van der Waals surface area contributed by atoms with Gasteiger partial charge in [-0.05, 0) is 38.9 Å². The lowest BCUT2D eigenvalue weighted by molar-refractivity contribution is 0.297. The van der Waals surface area contributed by atoms with Crippen molar-refractivity contribution in [3.63, 3.8) is 0 Å². The Morgan fingerprint density at radius 1 is 1.50 bits per heavy atom.